The van der Waals surface area contributed by atoms with Crippen molar-refractivity contribution >= 4 is 55.0 Å². The highest BCUT2D eigenvalue weighted by Gasteiger charge is 2.23. The molecule has 1 amide bonds. The number of aromatic nitrogens is 2. The summed E-state index contributed by atoms with van der Waals surface area (Å²) in [6.45, 7) is 0.330. The number of nitrogens with zero attached hydrogens (tertiary/aromatic N) is 3. The van der Waals surface area contributed by atoms with Crippen molar-refractivity contribution in [3.05, 3.63) is 101 Å². The minimum absolute atomic E-state index is 0.109. The van der Waals surface area contributed by atoms with Gasteiger partial charge in [-0.25, -0.2) is 4.98 Å². The summed E-state index contributed by atoms with van der Waals surface area (Å²) >= 11 is 7.60. The molecule has 30 heavy (non-hydrogen) atoms. The normalized spacial score (nSPS) is 11.1. The molecule has 0 radical (unpaired) electrons. The number of halogens is 1. The van der Waals surface area contributed by atoms with E-state index < -0.39 is 0 Å². The molecule has 6 heteroatoms. The second kappa shape index (κ2) is 7.86. The Morgan fingerprint density at radius 1 is 0.967 bits per heavy atom. The van der Waals surface area contributed by atoms with E-state index in [1.165, 1.54) is 11.3 Å². The van der Waals surface area contributed by atoms with E-state index in [-0.39, 0.29) is 5.91 Å². The number of thiazole rings is 1. The van der Waals surface area contributed by atoms with Crippen LogP contribution >= 0.6 is 22.9 Å². The molecule has 0 unspecified atom stereocenters. The summed E-state index contributed by atoms with van der Waals surface area (Å²) in [5.74, 6) is -0.109. The third kappa shape index (κ3) is 3.54. The summed E-state index contributed by atoms with van der Waals surface area (Å²) in [5, 5.41) is 3.21. The van der Waals surface area contributed by atoms with Gasteiger partial charge in [-0.3, -0.25) is 14.7 Å². The number of anilines is 1. The molecule has 0 fully saturated rings. The predicted octanol–water partition coefficient (Wildman–Crippen LogP) is 6.34. The van der Waals surface area contributed by atoms with Crippen molar-refractivity contribution in [1.29, 1.82) is 0 Å². The first-order valence-corrected chi connectivity index (χ1v) is 10.6. The zero-order valence-electron chi connectivity index (χ0n) is 15.8. The fourth-order valence-electron chi connectivity index (χ4n) is 3.44. The average molecular weight is 430 g/mol. The van der Waals surface area contributed by atoms with Gasteiger partial charge < -0.3 is 0 Å². The molecule has 2 aromatic heterocycles. The molecule has 0 spiro atoms. The van der Waals surface area contributed by atoms with Gasteiger partial charge in [0.15, 0.2) is 5.13 Å². The molecule has 0 atom stereocenters. The summed E-state index contributed by atoms with van der Waals surface area (Å²) in [5.41, 5.74) is 2.25. The fraction of sp³-hybridized carbons (Fsp3) is 0.0417. The SMILES string of the molecule is O=C(c1cccc2ccccc12)N(Cc1ccccn1)c1nc2ccc(Cl)cc2s1. The Bertz CT molecular complexity index is 1360. The van der Waals surface area contributed by atoms with Crippen LogP contribution in [0.5, 0.6) is 0 Å². The van der Waals surface area contributed by atoms with Gasteiger partial charge >= 0.3 is 0 Å². The average Bonchev–Trinajstić information content (AvgIpc) is 3.20. The van der Waals surface area contributed by atoms with Crippen LogP contribution in [0.4, 0.5) is 5.13 Å². The lowest BCUT2D eigenvalue weighted by Gasteiger charge is -2.20. The van der Waals surface area contributed by atoms with Crippen molar-refractivity contribution < 1.29 is 4.79 Å². The quantitative estimate of drug-likeness (QED) is 0.334. The number of carbonyl (C=O) groups is 1. The number of rotatable bonds is 4. The third-order valence-corrected chi connectivity index (χ3v) is 6.16. The molecule has 0 saturated heterocycles. The Labute approximate surface area is 182 Å². The van der Waals surface area contributed by atoms with E-state index in [0.717, 1.165) is 26.7 Å². The summed E-state index contributed by atoms with van der Waals surface area (Å²) in [4.78, 5) is 24.6. The van der Waals surface area contributed by atoms with E-state index in [1.54, 1.807) is 11.1 Å². The Hall–Kier alpha value is -3.28. The molecule has 3 aromatic carbocycles. The molecule has 5 aromatic rings. The van der Waals surface area contributed by atoms with Gasteiger partial charge in [0, 0.05) is 16.8 Å². The molecule has 146 valence electrons. The van der Waals surface area contributed by atoms with Crippen LogP contribution in [0, 0.1) is 0 Å². The van der Waals surface area contributed by atoms with Crippen LogP contribution < -0.4 is 4.90 Å². The minimum atomic E-state index is -0.109. The number of amides is 1. The molecule has 5 rings (SSSR count). The molecular formula is C24H16ClN3OS. The molecule has 0 aliphatic heterocycles. The lowest BCUT2D eigenvalue weighted by atomic mass is 10.0. The smallest absolute Gasteiger partial charge is 0.261 e. The molecule has 0 aliphatic carbocycles. The van der Waals surface area contributed by atoms with E-state index >= 15 is 0 Å². The van der Waals surface area contributed by atoms with Crippen LogP contribution in [-0.2, 0) is 6.54 Å². The summed E-state index contributed by atoms with van der Waals surface area (Å²) in [6.07, 6.45) is 1.73. The van der Waals surface area contributed by atoms with Crippen LogP contribution in [0.1, 0.15) is 16.1 Å². The Kier molecular flexibility index (Phi) is 4.91. The first kappa shape index (κ1) is 18.7. The number of hydrogen-bond donors (Lipinski definition) is 0. The molecule has 4 nitrogen and oxygen atoms in total. The Morgan fingerprint density at radius 3 is 2.67 bits per heavy atom. The number of fused-ring (bicyclic) bond motifs is 2. The van der Waals surface area contributed by atoms with Crippen molar-refractivity contribution in [2.45, 2.75) is 6.54 Å². The maximum Gasteiger partial charge on any atom is 0.261 e. The minimum Gasteiger partial charge on any atom is -0.278 e. The van der Waals surface area contributed by atoms with Crippen molar-refractivity contribution in [3.8, 4) is 0 Å². The third-order valence-electron chi connectivity index (χ3n) is 4.88. The van der Waals surface area contributed by atoms with Gasteiger partial charge in [-0.1, -0.05) is 65.4 Å². The van der Waals surface area contributed by atoms with E-state index in [2.05, 4.69) is 4.98 Å². The topological polar surface area (TPSA) is 46.1 Å². The highest BCUT2D eigenvalue weighted by Crippen LogP contribution is 2.33. The first-order chi connectivity index (χ1) is 14.7. The van der Waals surface area contributed by atoms with Crippen molar-refractivity contribution in [1.82, 2.24) is 9.97 Å². The van der Waals surface area contributed by atoms with Gasteiger partial charge in [-0.2, -0.15) is 0 Å². The monoisotopic (exact) mass is 429 g/mol. The molecule has 0 bridgehead atoms. The van der Waals surface area contributed by atoms with Crippen molar-refractivity contribution in [2.75, 3.05) is 4.90 Å². The van der Waals surface area contributed by atoms with E-state index in [0.29, 0.717) is 22.3 Å². The lowest BCUT2D eigenvalue weighted by Crippen LogP contribution is -2.30. The van der Waals surface area contributed by atoms with E-state index in [1.807, 2.05) is 78.9 Å². The standard InChI is InChI=1S/C24H16ClN3OS/c25-17-11-12-21-22(14-17)30-24(27-21)28(15-18-8-3-4-13-26-18)23(29)20-10-5-7-16-6-1-2-9-19(16)20/h1-14H,15H2. The zero-order chi connectivity index (χ0) is 20.5. The zero-order valence-corrected chi connectivity index (χ0v) is 17.4. The Morgan fingerprint density at radius 2 is 1.80 bits per heavy atom. The predicted molar refractivity (Wildman–Crippen MR) is 123 cm³/mol. The maximum atomic E-state index is 13.7. The van der Waals surface area contributed by atoms with Gasteiger partial charge in [-0.05, 0) is 47.2 Å². The van der Waals surface area contributed by atoms with Crippen molar-refractivity contribution in [2.24, 2.45) is 0 Å². The number of hydrogen-bond acceptors (Lipinski definition) is 4. The molecule has 2 heterocycles. The summed E-state index contributed by atoms with van der Waals surface area (Å²) in [6, 6.07) is 24.9. The van der Waals surface area contributed by atoms with Gasteiger partial charge in [-0.15, -0.1) is 0 Å². The van der Waals surface area contributed by atoms with Gasteiger partial charge in [0.25, 0.3) is 5.91 Å². The molecular weight excluding hydrogens is 414 g/mol. The van der Waals surface area contributed by atoms with Crippen LogP contribution in [0.2, 0.25) is 5.02 Å². The van der Waals surface area contributed by atoms with E-state index in [4.69, 9.17) is 16.6 Å². The Balaban J connectivity index is 1.63. The highest BCUT2D eigenvalue weighted by molar-refractivity contribution is 7.22. The molecule has 0 saturated carbocycles. The highest BCUT2D eigenvalue weighted by atomic mass is 35.5. The largest absolute Gasteiger partial charge is 0.278 e. The lowest BCUT2D eigenvalue weighted by molar-refractivity contribution is 0.0986. The van der Waals surface area contributed by atoms with Gasteiger partial charge in [0.2, 0.25) is 0 Å². The second-order valence-electron chi connectivity index (χ2n) is 6.85. The summed E-state index contributed by atoms with van der Waals surface area (Å²) in [7, 11) is 0. The van der Waals surface area contributed by atoms with Crippen LogP contribution in [0.25, 0.3) is 21.0 Å². The molecule has 0 N–H and O–H groups in total. The number of pyridine rings is 1. The summed E-state index contributed by atoms with van der Waals surface area (Å²) < 4.78 is 0.939. The van der Waals surface area contributed by atoms with Gasteiger partial charge in [0.1, 0.15) is 0 Å². The van der Waals surface area contributed by atoms with Gasteiger partial charge in [0.05, 0.1) is 22.5 Å². The van der Waals surface area contributed by atoms with Crippen LogP contribution in [0.15, 0.2) is 85.1 Å². The molecule has 0 aliphatic rings. The van der Waals surface area contributed by atoms with E-state index in [9.17, 15) is 4.79 Å². The van der Waals surface area contributed by atoms with Crippen LogP contribution in [-0.4, -0.2) is 15.9 Å². The second-order valence-corrected chi connectivity index (χ2v) is 8.29. The maximum absolute atomic E-state index is 13.7. The fourth-order valence-corrected chi connectivity index (χ4v) is 4.68. The first-order valence-electron chi connectivity index (χ1n) is 9.45. The van der Waals surface area contributed by atoms with Crippen LogP contribution in [0.3, 0.4) is 0 Å². The number of benzene rings is 3. The number of carbonyl (C=O) groups excluding carboxylic acids is 1. The van der Waals surface area contributed by atoms with Crippen molar-refractivity contribution in [3.63, 3.8) is 0 Å².